The first kappa shape index (κ1) is 16.1. The molecule has 0 saturated carbocycles. The molecular weight excluding hydrogens is 302 g/mol. The van der Waals surface area contributed by atoms with Crippen LogP contribution in [0, 0.1) is 6.92 Å². The number of nitrogens with one attached hydrogen (secondary N) is 1. The Labute approximate surface area is 141 Å². The van der Waals surface area contributed by atoms with Gasteiger partial charge in [-0.15, -0.1) is 0 Å². The van der Waals surface area contributed by atoms with Crippen LogP contribution in [0.25, 0.3) is 11.1 Å². The predicted molar refractivity (Wildman–Crippen MR) is 95.6 cm³/mol. The fraction of sp³-hybridized carbons (Fsp3) is 0.263. The topological polar surface area (TPSA) is 58.4 Å². The molecule has 5 nitrogen and oxygen atoms in total. The number of aromatic nitrogens is 1. The minimum absolute atomic E-state index is 0.0583. The second-order valence-electron chi connectivity index (χ2n) is 5.99. The fourth-order valence-corrected chi connectivity index (χ4v) is 2.59. The van der Waals surface area contributed by atoms with E-state index in [1.807, 2.05) is 68.4 Å². The van der Waals surface area contributed by atoms with Crippen LogP contribution in [-0.4, -0.2) is 31.5 Å². The normalized spacial score (nSPS) is 10.8. The number of carbonyl (C=O) groups excluding carboxylic acids is 1. The fourth-order valence-electron chi connectivity index (χ4n) is 2.59. The van der Waals surface area contributed by atoms with Crippen molar-refractivity contribution in [3.63, 3.8) is 0 Å². The van der Waals surface area contributed by atoms with Crippen LogP contribution in [-0.2, 0) is 6.42 Å². The van der Waals surface area contributed by atoms with Crippen molar-refractivity contribution < 1.29 is 9.21 Å². The zero-order valence-corrected chi connectivity index (χ0v) is 14.2. The van der Waals surface area contributed by atoms with E-state index in [1.54, 1.807) is 0 Å². The summed E-state index contributed by atoms with van der Waals surface area (Å²) < 4.78 is 5.47. The number of anilines is 1. The van der Waals surface area contributed by atoms with Crippen molar-refractivity contribution in [2.75, 3.05) is 25.5 Å². The number of hydrogen-bond acceptors (Lipinski definition) is 4. The van der Waals surface area contributed by atoms with Gasteiger partial charge in [0, 0.05) is 38.8 Å². The van der Waals surface area contributed by atoms with Crippen LogP contribution < -0.4 is 10.2 Å². The Balaban J connectivity index is 1.60. The van der Waals surface area contributed by atoms with Crippen molar-refractivity contribution in [1.29, 1.82) is 0 Å². The SMILES string of the molecule is Cc1nc2cc(CCNC(=O)c3cccc(N(C)C)c3)ccc2o1. The van der Waals surface area contributed by atoms with Gasteiger partial charge in [0.15, 0.2) is 11.5 Å². The summed E-state index contributed by atoms with van der Waals surface area (Å²) in [6.07, 6.45) is 0.751. The first-order valence-electron chi connectivity index (χ1n) is 7.94. The lowest BCUT2D eigenvalue weighted by Crippen LogP contribution is -2.25. The monoisotopic (exact) mass is 323 g/mol. The number of fused-ring (bicyclic) bond motifs is 1. The van der Waals surface area contributed by atoms with Crippen molar-refractivity contribution >= 4 is 22.7 Å². The number of benzene rings is 2. The second kappa shape index (κ2) is 6.74. The van der Waals surface area contributed by atoms with Gasteiger partial charge in [-0.3, -0.25) is 4.79 Å². The summed E-state index contributed by atoms with van der Waals surface area (Å²) in [5.41, 5.74) is 4.45. The van der Waals surface area contributed by atoms with E-state index in [2.05, 4.69) is 10.3 Å². The zero-order chi connectivity index (χ0) is 17.1. The highest BCUT2D eigenvalue weighted by atomic mass is 16.3. The number of oxazole rings is 1. The molecule has 0 bridgehead atoms. The minimum atomic E-state index is -0.0583. The van der Waals surface area contributed by atoms with Gasteiger partial charge < -0.3 is 14.6 Å². The van der Waals surface area contributed by atoms with E-state index in [-0.39, 0.29) is 5.91 Å². The first-order chi connectivity index (χ1) is 11.5. The van der Waals surface area contributed by atoms with E-state index < -0.39 is 0 Å². The van der Waals surface area contributed by atoms with Gasteiger partial charge in [-0.25, -0.2) is 4.98 Å². The van der Waals surface area contributed by atoms with Crippen LogP contribution in [0.2, 0.25) is 0 Å². The lowest BCUT2D eigenvalue weighted by atomic mass is 10.1. The molecule has 0 spiro atoms. The molecule has 1 amide bonds. The van der Waals surface area contributed by atoms with Gasteiger partial charge in [0.25, 0.3) is 5.91 Å². The van der Waals surface area contributed by atoms with E-state index in [0.29, 0.717) is 18.0 Å². The Morgan fingerprint density at radius 2 is 2.04 bits per heavy atom. The van der Waals surface area contributed by atoms with E-state index in [0.717, 1.165) is 28.8 Å². The van der Waals surface area contributed by atoms with Crippen LogP contribution >= 0.6 is 0 Å². The number of aryl methyl sites for hydroxylation is 1. The number of amides is 1. The summed E-state index contributed by atoms with van der Waals surface area (Å²) in [4.78, 5) is 18.6. The van der Waals surface area contributed by atoms with Crippen molar-refractivity contribution in [3.8, 4) is 0 Å². The van der Waals surface area contributed by atoms with Crippen LogP contribution in [0.15, 0.2) is 46.9 Å². The summed E-state index contributed by atoms with van der Waals surface area (Å²) >= 11 is 0. The second-order valence-corrected chi connectivity index (χ2v) is 5.99. The molecule has 0 aliphatic carbocycles. The maximum Gasteiger partial charge on any atom is 0.251 e. The van der Waals surface area contributed by atoms with E-state index in [9.17, 15) is 4.79 Å². The Bertz CT molecular complexity index is 868. The van der Waals surface area contributed by atoms with Crippen LogP contribution in [0.1, 0.15) is 21.8 Å². The van der Waals surface area contributed by atoms with Gasteiger partial charge >= 0.3 is 0 Å². The standard InChI is InChI=1S/C19H21N3O2/c1-13-21-17-11-14(7-8-18(17)24-13)9-10-20-19(23)15-5-4-6-16(12-15)22(2)3/h4-8,11-12H,9-10H2,1-3H3,(H,20,23). The first-order valence-corrected chi connectivity index (χ1v) is 7.94. The molecule has 0 radical (unpaired) electrons. The molecule has 0 aliphatic heterocycles. The van der Waals surface area contributed by atoms with Crippen LogP contribution in [0.5, 0.6) is 0 Å². The summed E-state index contributed by atoms with van der Waals surface area (Å²) in [6.45, 7) is 2.41. The molecule has 3 rings (SSSR count). The zero-order valence-electron chi connectivity index (χ0n) is 14.2. The molecule has 2 aromatic carbocycles. The molecule has 24 heavy (non-hydrogen) atoms. The Morgan fingerprint density at radius 1 is 1.21 bits per heavy atom. The average Bonchev–Trinajstić information content (AvgIpc) is 2.94. The van der Waals surface area contributed by atoms with Crippen molar-refractivity contribution in [3.05, 3.63) is 59.5 Å². The molecular formula is C19H21N3O2. The lowest BCUT2D eigenvalue weighted by molar-refractivity contribution is 0.0954. The summed E-state index contributed by atoms with van der Waals surface area (Å²) in [6, 6.07) is 13.5. The largest absolute Gasteiger partial charge is 0.441 e. The van der Waals surface area contributed by atoms with Crippen molar-refractivity contribution in [2.45, 2.75) is 13.3 Å². The molecule has 3 aromatic rings. The molecule has 5 heteroatoms. The van der Waals surface area contributed by atoms with Gasteiger partial charge in [0.05, 0.1) is 0 Å². The van der Waals surface area contributed by atoms with E-state index >= 15 is 0 Å². The van der Waals surface area contributed by atoms with Crippen molar-refractivity contribution in [2.24, 2.45) is 0 Å². The number of hydrogen-bond donors (Lipinski definition) is 1. The predicted octanol–water partition coefficient (Wildman–Crippen LogP) is 3.17. The molecule has 0 unspecified atom stereocenters. The maximum atomic E-state index is 12.3. The maximum absolute atomic E-state index is 12.3. The molecule has 124 valence electrons. The molecule has 0 fully saturated rings. The Morgan fingerprint density at radius 3 is 2.83 bits per heavy atom. The molecule has 0 atom stereocenters. The summed E-state index contributed by atoms with van der Waals surface area (Å²) in [5, 5.41) is 2.97. The molecule has 0 aliphatic rings. The highest BCUT2D eigenvalue weighted by molar-refractivity contribution is 5.95. The van der Waals surface area contributed by atoms with Gasteiger partial charge in [0.2, 0.25) is 0 Å². The third-order valence-corrected chi connectivity index (χ3v) is 3.88. The average molecular weight is 323 g/mol. The summed E-state index contributed by atoms with van der Waals surface area (Å²) in [5.74, 6) is 0.605. The molecule has 1 N–H and O–H groups in total. The number of nitrogens with zero attached hydrogens (tertiary/aromatic N) is 2. The molecule has 1 aromatic heterocycles. The van der Waals surface area contributed by atoms with Crippen LogP contribution in [0.4, 0.5) is 5.69 Å². The smallest absolute Gasteiger partial charge is 0.251 e. The number of carbonyl (C=O) groups is 1. The highest BCUT2D eigenvalue weighted by Crippen LogP contribution is 2.17. The van der Waals surface area contributed by atoms with Gasteiger partial charge in [-0.1, -0.05) is 12.1 Å². The number of rotatable bonds is 5. The quantitative estimate of drug-likeness (QED) is 0.783. The van der Waals surface area contributed by atoms with Gasteiger partial charge in [-0.2, -0.15) is 0 Å². The third kappa shape index (κ3) is 3.56. The van der Waals surface area contributed by atoms with Crippen LogP contribution in [0.3, 0.4) is 0 Å². The van der Waals surface area contributed by atoms with E-state index in [1.165, 1.54) is 0 Å². The van der Waals surface area contributed by atoms with E-state index in [4.69, 9.17) is 4.42 Å². The third-order valence-electron chi connectivity index (χ3n) is 3.88. The minimum Gasteiger partial charge on any atom is -0.441 e. The van der Waals surface area contributed by atoms with Gasteiger partial charge in [-0.05, 0) is 42.3 Å². The molecule has 0 saturated heterocycles. The molecule has 1 heterocycles. The van der Waals surface area contributed by atoms with Gasteiger partial charge in [0.1, 0.15) is 5.52 Å². The Hall–Kier alpha value is -2.82. The highest BCUT2D eigenvalue weighted by Gasteiger charge is 2.07. The Kier molecular flexibility index (Phi) is 4.51. The lowest BCUT2D eigenvalue weighted by Gasteiger charge is -2.13. The van der Waals surface area contributed by atoms with Crippen molar-refractivity contribution in [1.82, 2.24) is 10.3 Å². The summed E-state index contributed by atoms with van der Waals surface area (Å²) in [7, 11) is 3.91.